The quantitative estimate of drug-likeness (QED) is 0.351. The van der Waals surface area contributed by atoms with Gasteiger partial charge in [0, 0.05) is 0 Å². The molecule has 0 fully saturated rings. The summed E-state index contributed by atoms with van der Waals surface area (Å²) >= 11 is 0. The first kappa shape index (κ1) is 16.2. The molecule has 13 heteroatoms. The zero-order chi connectivity index (χ0) is 13.9. The van der Waals surface area contributed by atoms with E-state index in [4.69, 9.17) is 25.3 Å². The molecule has 0 aromatic heterocycles. The molecular weight excluding hydrogens is 284 g/mol. The van der Waals surface area contributed by atoms with E-state index in [2.05, 4.69) is 9.05 Å². The van der Waals surface area contributed by atoms with Gasteiger partial charge in [-0.3, -0.25) is 24.4 Å². The van der Waals surface area contributed by atoms with Gasteiger partial charge in [0.2, 0.25) is 0 Å². The Morgan fingerprint density at radius 2 is 1.47 bits per heavy atom. The van der Waals surface area contributed by atoms with Crippen LogP contribution in [0.3, 0.4) is 0 Å². The number of hydrogen-bond acceptors (Lipinski definition) is 7. The van der Waals surface area contributed by atoms with Gasteiger partial charge in [-0.25, -0.2) is 13.9 Å². The van der Waals surface area contributed by atoms with Crippen LogP contribution >= 0.6 is 15.6 Å². The van der Waals surface area contributed by atoms with Gasteiger partial charge in [-0.2, -0.15) is 0 Å². The lowest BCUT2D eigenvalue weighted by Gasteiger charge is -2.11. The molecule has 0 aliphatic carbocycles. The summed E-state index contributed by atoms with van der Waals surface area (Å²) in [5, 5.41) is 0. The maximum absolute atomic E-state index is 10.8. The maximum atomic E-state index is 10.8. The maximum Gasteiger partial charge on any atom is 0.527 e. The van der Waals surface area contributed by atoms with E-state index in [1.807, 2.05) is 0 Å². The van der Waals surface area contributed by atoms with Crippen LogP contribution in [0.25, 0.3) is 0 Å². The third-order valence-electron chi connectivity index (χ3n) is 1.12. The summed E-state index contributed by atoms with van der Waals surface area (Å²) < 4.78 is 27.5. The van der Waals surface area contributed by atoms with E-state index in [0.29, 0.717) is 0 Å². The Morgan fingerprint density at radius 1 is 1.06 bits per heavy atom. The Morgan fingerprint density at radius 3 is 1.82 bits per heavy atom. The summed E-state index contributed by atoms with van der Waals surface area (Å²) in [6.45, 7) is 0. The second-order valence-corrected chi connectivity index (χ2v) is 4.99. The van der Waals surface area contributed by atoms with Crippen LogP contribution < -0.4 is 5.73 Å². The van der Waals surface area contributed by atoms with Crippen molar-refractivity contribution in [2.45, 2.75) is 12.5 Å². The summed E-state index contributed by atoms with van der Waals surface area (Å²) in [4.78, 5) is 54.4. The molecule has 0 amide bonds. The highest BCUT2D eigenvalue weighted by atomic mass is 31.2. The number of nitrogens with two attached hydrogens (primary N) is 1. The molecule has 0 spiro atoms. The second-order valence-electron chi connectivity index (χ2n) is 2.67. The molecule has 0 aliphatic rings. The molecule has 0 heterocycles. The molecule has 1 atom stereocenters. The zero-order valence-electron chi connectivity index (χ0n) is 7.99. The van der Waals surface area contributed by atoms with E-state index in [-0.39, 0.29) is 0 Å². The van der Waals surface area contributed by atoms with E-state index in [9.17, 15) is 18.7 Å². The van der Waals surface area contributed by atoms with Crippen LogP contribution in [-0.4, -0.2) is 37.6 Å². The van der Waals surface area contributed by atoms with Crippen LogP contribution in [0.5, 0.6) is 0 Å². The van der Waals surface area contributed by atoms with Gasteiger partial charge >= 0.3 is 27.6 Å². The number of phosphoric ester groups is 2. The van der Waals surface area contributed by atoms with Gasteiger partial charge in [0.15, 0.2) is 0 Å². The zero-order valence-corrected chi connectivity index (χ0v) is 9.78. The number of phosphoric acid groups is 2. The van der Waals surface area contributed by atoms with E-state index in [1.54, 1.807) is 0 Å². The molecule has 0 rings (SSSR count). The lowest BCUT2D eigenvalue weighted by molar-refractivity contribution is -0.143. The van der Waals surface area contributed by atoms with Crippen molar-refractivity contribution in [1.82, 2.24) is 0 Å². The van der Waals surface area contributed by atoms with Crippen molar-refractivity contribution in [2.75, 3.05) is 0 Å². The minimum absolute atomic E-state index is 1.01. The molecule has 0 saturated heterocycles. The molecule has 100 valence electrons. The van der Waals surface area contributed by atoms with E-state index < -0.39 is 40.0 Å². The first-order chi connectivity index (χ1) is 7.41. The van der Waals surface area contributed by atoms with Crippen molar-refractivity contribution in [3.63, 3.8) is 0 Å². The molecule has 11 nitrogen and oxygen atoms in total. The molecule has 6 N–H and O–H groups in total. The van der Waals surface area contributed by atoms with Gasteiger partial charge in [0.05, 0.1) is 6.42 Å². The van der Waals surface area contributed by atoms with Crippen molar-refractivity contribution in [1.29, 1.82) is 0 Å². The molecular formula is C4H9NO10P2. The predicted octanol–water partition coefficient (Wildman–Crippen LogP) is -2.02. The van der Waals surface area contributed by atoms with E-state index in [1.165, 1.54) is 0 Å². The molecule has 17 heavy (non-hydrogen) atoms. The molecule has 0 bridgehead atoms. The number of carbonyl (C=O) groups is 2. The largest absolute Gasteiger partial charge is 0.527 e. The summed E-state index contributed by atoms with van der Waals surface area (Å²) in [5.74, 6) is -3.13. The Balaban J connectivity index is 4.32. The average Bonchev–Trinajstić information content (AvgIpc) is 1.95. The fourth-order valence-electron chi connectivity index (χ4n) is 0.618. The van der Waals surface area contributed by atoms with Crippen molar-refractivity contribution < 1.29 is 47.3 Å². The van der Waals surface area contributed by atoms with E-state index in [0.717, 1.165) is 0 Å². The third kappa shape index (κ3) is 8.95. The van der Waals surface area contributed by atoms with Crippen molar-refractivity contribution >= 4 is 27.6 Å². The van der Waals surface area contributed by atoms with Crippen LogP contribution in [0.15, 0.2) is 0 Å². The van der Waals surface area contributed by atoms with Crippen LogP contribution in [0.2, 0.25) is 0 Å². The highest BCUT2D eigenvalue weighted by Crippen LogP contribution is 2.37. The van der Waals surface area contributed by atoms with Crippen LogP contribution in [0.1, 0.15) is 6.42 Å². The van der Waals surface area contributed by atoms with E-state index >= 15 is 0 Å². The van der Waals surface area contributed by atoms with Gasteiger partial charge in [-0.1, -0.05) is 0 Å². The molecule has 0 aromatic carbocycles. The first-order valence-electron chi connectivity index (χ1n) is 3.73. The fraction of sp³-hybridized carbons (Fsp3) is 0.500. The number of hydrogen-bond donors (Lipinski definition) is 5. The first-order valence-corrected chi connectivity index (χ1v) is 6.79. The predicted molar refractivity (Wildman–Crippen MR) is 48.9 cm³/mol. The van der Waals surface area contributed by atoms with Gasteiger partial charge < -0.3 is 14.8 Å². The monoisotopic (exact) mass is 293 g/mol. The highest BCUT2D eigenvalue weighted by Gasteiger charge is 2.29. The van der Waals surface area contributed by atoms with Gasteiger partial charge in [0.25, 0.3) is 0 Å². The van der Waals surface area contributed by atoms with Gasteiger partial charge in [-0.05, 0) is 0 Å². The lowest BCUT2D eigenvalue weighted by Crippen LogP contribution is -2.34. The number of rotatable bonds is 5. The standard InChI is InChI=1S/C4H9NO10P2/c5-2(4(7)15-17(11,12)13)1-3(6)14-16(8,9)10/h2H,1,5H2,(H2,8,9,10)(H2,11,12,13). The van der Waals surface area contributed by atoms with Gasteiger partial charge in [0.1, 0.15) is 6.04 Å². The topological polar surface area (TPSA) is 194 Å². The van der Waals surface area contributed by atoms with Gasteiger partial charge in [-0.15, -0.1) is 0 Å². The Bertz CT molecular complexity index is 393. The van der Waals surface area contributed by atoms with Crippen LogP contribution in [0.4, 0.5) is 0 Å². The summed E-state index contributed by atoms with van der Waals surface area (Å²) in [7, 11) is -10.2. The average molecular weight is 293 g/mol. The smallest absolute Gasteiger partial charge is 0.371 e. The lowest BCUT2D eigenvalue weighted by atomic mass is 10.2. The highest BCUT2D eigenvalue weighted by molar-refractivity contribution is 7.47. The minimum atomic E-state index is -5.10. The summed E-state index contributed by atoms with van der Waals surface area (Å²) in [6.07, 6.45) is -1.01. The number of carbonyl (C=O) groups excluding carboxylic acids is 2. The molecule has 0 radical (unpaired) electrons. The third-order valence-corrected chi connectivity index (χ3v) is 1.98. The SMILES string of the molecule is NC(CC(=O)OP(=O)(O)O)C(=O)OP(=O)(O)O. The van der Waals surface area contributed by atoms with Crippen LogP contribution in [0, 0.1) is 0 Å². The Labute approximate surface area is 94.0 Å². The summed E-state index contributed by atoms with van der Waals surface area (Å²) in [5.41, 5.74) is 4.97. The Kier molecular flexibility index (Phi) is 5.43. The van der Waals surface area contributed by atoms with Crippen molar-refractivity contribution in [3.8, 4) is 0 Å². The molecule has 0 aromatic rings. The van der Waals surface area contributed by atoms with Crippen LogP contribution in [-0.2, 0) is 27.8 Å². The normalized spacial score (nSPS) is 13.9. The molecule has 0 aliphatic heterocycles. The Hall–Kier alpha value is -0.800. The van der Waals surface area contributed by atoms with Crippen molar-refractivity contribution in [2.24, 2.45) is 5.73 Å². The molecule has 0 saturated carbocycles. The fourth-order valence-corrected chi connectivity index (χ4v) is 1.33. The minimum Gasteiger partial charge on any atom is -0.371 e. The van der Waals surface area contributed by atoms with Crippen molar-refractivity contribution in [3.05, 3.63) is 0 Å². The second kappa shape index (κ2) is 5.69. The summed E-state index contributed by atoms with van der Waals surface area (Å²) in [6, 6.07) is -1.82. The molecule has 1 unspecified atom stereocenters.